The zero-order valence-electron chi connectivity index (χ0n) is 9.45. The van der Waals surface area contributed by atoms with E-state index in [4.69, 9.17) is 10.2 Å². The molecule has 0 saturated heterocycles. The monoisotopic (exact) mass is 203 g/mol. The minimum Gasteiger partial charge on any atom is -0.459 e. The molecule has 15 heavy (non-hydrogen) atoms. The van der Waals surface area contributed by atoms with Crippen molar-refractivity contribution in [3.8, 4) is 0 Å². The average Bonchev–Trinajstić information content (AvgIpc) is 2.58. The van der Waals surface area contributed by atoms with Gasteiger partial charge < -0.3 is 10.2 Å². The van der Waals surface area contributed by atoms with Gasteiger partial charge in [-0.1, -0.05) is 25.5 Å². The molecule has 0 radical (unpaired) electrons. The molecule has 1 aromatic carbocycles. The lowest BCUT2D eigenvalue weighted by molar-refractivity contribution is 0.418. The van der Waals surface area contributed by atoms with Gasteiger partial charge >= 0.3 is 0 Å². The maximum absolute atomic E-state index is 6.05. The Bertz CT molecular complexity index is 470. The standard InChI is InChI=1S/C13H17NO/c1-8(2)13(14)12-7-10-6-9(3)4-5-11(10)15-12/h4-8,13H,14H2,1-3H3/t13-/m0/s1. The zero-order chi connectivity index (χ0) is 11.0. The largest absolute Gasteiger partial charge is 0.459 e. The second-order valence-corrected chi connectivity index (χ2v) is 4.46. The van der Waals surface area contributed by atoms with Crippen molar-refractivity contribution in [1.82, 2.24) is 0 Å². The molecule has 0 aliphatic heterocycles. The summed E-state index contributed by atoms with van der Waals surface area (Å²) in [6, 6.07) is 8.21. The van der Waals surface area contributed by atoms with Crippen LogP contribution in [-0.2, 0) is 0 Å². The number of hydrogen-bond acceptors (Lipinski definition) is 2. The molecule has 0 bridgehead atoms. The van der Waals surface area contributed by atoms with Gasteiger partial charge in [0.1, 0.15) is 11.3 Å². The quantitative estimate of drug-likeness (QED) is 0.812. The topological polar surface area (TPSA) is 39.2 Å². The van der Waals surface area contributed by atoms with Crippen molar-refractivity contribution in [1.29, 1.82) is 0 Å². The van der Waals surface area contributed by atoms with Crippen LogP contribution in [0.4, 0.5) is 0 Å². The Hall–Kier alpha value is -1.28. The van der Waals surface area contributed by atoms with Crippen LogP contribution in [0.1, 0.15) is 31.2 Å². The Morgan fingerprint density at radius 1 is 1.20 bits per heavy atom. The maximum atomic E-state index is 6.05. The van der Waals surface area contributed by atoms with E-state index >= 15 is 0 Å². The SMILES string of the molecule is Cc1ccc2oc([C@@H](N)C(C)C)cc2c1. The molecule has 0 amide bonds. The predicted octanol–water partition coefficient (Wildman–Crippen LogP) is 3.40. The molecule has 0 aliphatic carbocycles. The molecule has 2 N–H and O–H groups in total. The highest BCUT2D eigenvalue weighted by Gasteiger charge is 2.15. The number of hydrogen-bond donors (Lipinski definition) is 1. The first-order valence-electron chi connectivity index (χ1n) is 5.33. The van der Waals surface area contributed by atoms with E-state index in [1.807, 2.05) is 12.1 Å². The molecule has 0 fully saturated rings. The van der Waals surface area contributed by atoms with Crippen molar-refractivity contribution < 1.29 is 4.42 Å². The van der Waals surface area contributed by atoms with Gasteiger partial charge in [0.15, 0.2) is 0 Å². The van der Waals surface area contributed by atoms with E-state index in [-0.39, 0.29) is 6.04 Å². The highest BCUT2D eigenvalue weighted by molar-refractivity contribution is 5.78. The first kappa shape index (κ1) is 10.2. The Morgan fingerprint density at radius 3 is 2.60 bits per heavy atom. The number of nitrogens with two attached hydrogens (primary N) is 1. The van der Waals surface area contributed by atoms with Crippen molar-refractivity contribution in [2.24, 2.45) is 11.7 Å². The Labute approximate surface area is 90.1 Å². The highest BCUT2D eigenvalue weighted by Crippen LogP contribution is 2.26. The molecule has 2 nitrogen and oxygen atoms in total. The predicted molar refractivity (Wildman–Crippen MR) is 62.7 cm³/mol. The van der Waals surface area contributed by atoms with Crippen LogP contribution in [0.5, 0.6) is 0 Å². The van der Waals surface area contributed by atoms with Gasteiger partial charge in [-0.2, -0.15) is 0 Å². The van der Waals surface area contributed by atoms with Crippen LogP contribution in [0.2, 0.25) is 0 Å². The van der Waals surface area contributed by atoms with Gasteiger partial charge in [-0.05, 0) is 31.0 Å². The second-order valence-electron chi connectivity index (χ2n) is 4.46. The molecule has 2 aromatic rings. The summed E-state index contributed by atoms with van der Waals surface area (Å²) in [6.07, 6.45) is 0. The summed E-state index contributed by atoms with van der Waals surface area (Å²) in [7, 11) is 0. The summed E-state index contributed by atoms with van der Waals surface area (Å²) in [6.45, 7) is 6.28. The summed E-state index contributed by atoms with van der Waals surface area (Å²) in [5.74, 6) is 1.28. The second kappa shape index (κ2) is 3.70. The van der Waals surface area contributed by atoms with Crippen molar-refractivity contribution in [2.75, 3.05) is 0 Å². The van der Waals surface area contributed by atoms with Crippen LogP contribution in [0.15, 0.2) is 28.7 Å². The third kappa shape index (κ3) is 1.90. The number of aryl methyl sites for hydroxylation is 1. The van der Waals surface area contributed by atoms with Crippen LogP contribution in [-0.4, -0.2) is 0 Å². The molecule has 0 unspecified atom stereocenters. The van der Waals surface area contributed by atoms with Gasteiger partial charge in [-0.25, -0.2) is 0 Å². The fourth-order valence-corrected chi connectivity index (χ4v) is 1.68. The van der Waals surface area contributed by atoms with Gasteiger partial charge in [0.2, 0.25) is 0 Å². The van der Waals surface area contributed by atoms with Crippen molar-refractivity contribution in [3.63, 3.8) is 0 Å². The van der Waals surface area contributed by atoms with E-state index < -0.39 is 0 Å². The van der Waals surface area contributed by atoms with Gasteiger partial charge in [0, 0.05) is 5.39 Å². The lowest BCUT2D eigenvalue weighted by Gasteiger charge is -2.11. The fourth-order valence-electron chi connectivity index (χ4n) is 1.68. The van der Waals surface area contributed by atoms with E-state index in [9.17, 15) is 0 Å². The summed E-state index contributed by atoms with van der Waals surface area (Å²) in [4.78, 5) is 0. The Kier molecular flexibility index (Phi) is 2.53. The zero-order valence-corrected chi connectivity index (χ0v) is 9.45. The van der Waals surface area contributed by atoms with Crippen LogP contribution < -0.4 is 5.73 Å². The molecule has 1 atom stereocenters. The molecule has 0 spiro atoms. The minimum absolute atomic E-state index is 0.0160. The molecular weight excluding hydrogens is 186 g/mol. The molecule has 2 heteroatoms. The summed E-state index contributed by atoms with van der Waals surface area (Å²) < 4.78 is 5.72. The molecule has 80 valence electrons. The Morgan fingerprint density at radius 2 is 1.93 bits per heavy atom. The van der Waals surface area contributed by atoms with Crippen molar-refractivity contribution >= 4 is 11.0 Å². The molecule has 2 rings (SSSR count). The third-order valence-corrected chi connectivity index (χ3v) is 2.74. The third-order valence-electron chi connectivity index (χ3n) is 2.74. The first-order chi connectivity index (χ1) is 7.08. The van der Waals surface area contributed by atoms with Crippen LogP contribution in [0.25, 0.3) is 11.0 Å². The van der Waals surface area contributed by atoms with Crippen molar-refractivity contribution in [3.05, 3.63) is 35.6 Å². The molecule has 0 saturated carbocycles. The molecule has 1 heterocycles. The van der Waals surface area contributed by atoms with Gasteiger partial charge in [-0.15, -0.1) is 0 Å². The first-order valence-corrected chi connectivity index (χ1v) is 5.33. The number of benzene rings is 1. The summed E-state index contributed by atoms with van der Waals surface area (Å²) in [5, 5.41) is 1.14. The van der Waals surface area contributed by atoms with Crippen LogP contribution in [0.3, 0.4) is 0 Å². The van der Waals surface area contributed by atoms with E-state index in [0.717, 1.165) is 16.7 Å². The average molecular weight is 203 g/mol. The maximum Gasteiger partial charge on any atom is 0.134 e. The molecule has 1 aromatic heterocycles. The smallest absolute Gasteiger partial charge is 0.134 e. The minimum atomic E-state index is -0.0160. The van der Waals surface area contributed by atoms with E-state index in [0.29, 0.717) is 5.92 Å². The highest BCUT2D eigenvalue weighted by atomic mass is 16.3. The van der Waals surface area contributed by atoms with Crippen molar-refractivity contribution in [2.45, 2.75) is 26.8 Å². The lowest BCUT2D eigenvalue weighted by atomic mass is 10.0. The van der Waals surface area contributed by atoms with Gasteiger partial charge in [0.25, 0.3) is 0 Å². The van der Waals surface area contributed by atoms with E-state index in [2.05, 4.69) is 32.9 Å². The fraction of sp³-hybridized carbons (Fsp3) is 0.385. The number of rotatable bonds is 2. The van der Waals surface area contributed by atoms with Gasteiger partial charge in [0.05, 0.1) is 6.04 Å². The number of fused-ring (bicyclic) bond motifs is 1. The number of furan rings is 1. The molecule has 0 aliphatic rings. The molecular formula is C13H17NO. The van der Waals surface area contributed by atoms with E-state index in [1.54, 1.807) is 0 Å². The summed E-state index contributed by atoms with van der Waals surface area (Å²) >= 11 is 0. The van der Waals surface area contributed by atoms with Crippen LogP contribution >= 0.6 is 0 Å². The van der Waals surface area contributed by atoms with E-state index in [1.165, 1.54) is 5.56 Å². The Balaban J connectivity index is 2.47. The van der Waals surface area contributed by atoms with Gasteiger partial charge in [-0.3, -0.25) is 0 Å². The summed E-state index contributed by atoms with van der Waals surface area (Å²) in [5.41, 5.74) is 8.21. The van der Waals surface area contributed by atoms with Crippen LogP contribution in [0, 0.1) is 12.8 Å². The normalized spacial score (nSPS) is 13.7. The lowest BCUT2D eigenvalue weighted by Crippen LogP contribution is -2.15.